The highest BCUT2D eigenvalue weighted by Gasteiger charge is 2.47. The van der Waals surface area contributed by atoms with E-state index in [1.807, 2.05) is 0 Å². The van der Waals surface area contributed by atoms with Gasteiger partial charge in [-0.2, -0.15) is 0 Å². The Balaban J connectivity index is 1.81. The van der Waals surface area contributed by atoms with E-state index >= 15 is 0 Å². The van der Waals surface area contributed by atoms with Crippen molar-refractivity contribution in [3.05, 3.63) is 0 Å². The average molecular weight is 161 g/mol. The van der Waals surface area contributed by atoms with Gasteiger partial charge in [-0.25, -0.2) is 8.78 Å². The third kappa shape index (κ3) is 1.39. The van der Waals surface area contributed by atoms with Crippen LogP contribution in [0.5, 0.6) is 0 Å². The van der Waals surface area contributed by atoms with Crippen molar-refractivity contribution in [2.75, 3.05) is 13.1 Å². The van der Waals surface area contributed by atoms with Gasteiger partial charge in [0.05, 0.1) is 0 Å². The first-order valence-corrected chi connectivity index (χ1v) is 4.29. The fourth-order valence-electron chi connectivity index (χ4n) is 1.99. The standard InChI is InChI=1S/C8H13F2N/c9-8(10)5-7(6-8)11-3-1-2-4-11/h7H,1-6H2. The van der Waals surface area contributed by atoms with Crippen LogP contribution in [0.15, 0.2) is 0 Å². The average Bonchev–Trinajstić information content (AvgIpc) is 2.32. The van der Waals surface area contributed by atoms with Crippen molar-refractivity contribution in [2.24, 2.45) is 0 Å². The van der Waals surface area contributed by atoms with E-state index in [1.54, 1.807) is 0 Å². The van der Waals surface area contributed by atoms with Gasteiger partial charge in [0, 0.05) is 18.9 Å². The molecule has 1 saturated carbocycles. The molecule has 0 N–H and O–H groups in total. The van der Waals surface area contributed by atoms with Gasteiger partial charge in [0.15, 0.2) is 0 Å². The molecule has 11 heavy (non-hydrogen) atoms. The fraction of sp³-hybridized carbons (Fsp3) is 1.00. The van der Waals surface area contributed by atoms with Gasteiger partial charge in [-0.15, -0.1) is 0 Å². The Kier molecular flexibility index (Phi) is 1.63. The molecule has 1 heterocycles. The van der Waals surface area contributed by atoms with Crippen molar-refractivity contribution in [3.8, 4) is 0 Å². The van der Waals surface area contributed by atoms with Crippen LogP contribution in [0.1, 0.15) is 25.7 Å². The molecule has 2 rings (SSSR count). The summed E-state index contributed by atoms with van der Waals surface area (Å²) in [6, 6.07) is 0.201. The molecule has 0 radical (unpaired) electrons. The van der Waals surface area contributed by atoms with Gasteiger partial charge in [-0.05, 0) is 25.9 Å². The Morgan fingerprint density at radius 3 is 2.09 bits per heavy atom. The highest BCUT2D eigenvalue weighted by atomic mass is 19.3. The topological polar surface area (TPSA) is 3.24 Å². The minimum absolute atomic E-state index is 0.104. The summed E-state index contributed by atoms with van der Waals surface area (Å²) < 4.78 is 24.8. The maximum absolute atomic E-state index is 12.4. The first-order valence-electron chi connectivity index (χ1n) is 4.29. The van der Waals surface area contributed by atoms with Crippen molar-refractivity contribution in [1.29, 1.82) is 0 Å². The van der Waals surface area contributed by atoms with Gasteiger partial charge in [-0.3, -0.25) is 4.90 Å². The Morgan fingerprint density at radius 2 is 1.64 bits per heavy atom. The zero-order valence-corrected chi connectivity index (χ0v) is 6.52. The predicted molar refractivity (Wildman–Crippen MR) is 38.8 cm³/mol. The molecule has 64 valence electrons. The Hall–Kier alpha value is -0.180. The lowest BCUT2D eigenvalue weighted by atomic mass is 9.87. The minimum atomic E-state index is -2.34. The summed E-state index contributed by atoms with van der Waals surface area (Å²) in [4.78, 5) is 2.21. The molecular weight excluding hydrogens is 148 g/mol. The quantitative estimate of drug-likeness (QED) is 0.567. The summed E-state index contributed by atoms with van der Waals surface area (Å²) in [6.45, 7) is 2.08. The molecule has 1 aliphatic carbocycles. The summed E-state index contributed by atoms with van der Waals surface area (Å²) in [7, 11) is 0. The van der Waals surface area contributed by atoms with E-state index in [9.17, 15) is 8.78 Å². The minimum Gasteiger partial charge on any atom is -0.300 e. The van der Waals surface area contributed by atoms with Gasteiger partial charge in [-0.1, -0.05) is 0 Å². The molecule has 1 aliphatic heterocycles. The summed E-state index contributed by atoms with van der Waals surface area (Å²) in [6.07, 6.45) is 2.60. The summed E-state index contributed by atoms with van der Waals surface area (Å²) >= 11 is 0. The van der Waals surface area contributed by atoms with E-state index in [4.69, 9.17) is 0 Å². The molecule has 2 aliphatic rings. The van der Waals surface area contributed by atoms with Crippen LogP contribution in [0.3, 0.4) is 0 Å². The predicted octanol–water partition coefficient (Wildman–Crippen LogP) is 1.88. The highest BCUT2D eigenvalue weighted by molar-refractivity contribution is 4.93. The maximum atomic E-state index is 12.4. The second-order valence-corrected chi connectivity index (χ2v) is 3.66. The smallest absolute Gasteiger partial charge is 0.251 e. The fourth-order valence-corrected chi connectivity index (χ4v) is 1.99. The number of hydrogen-bond acceptors (Lipinski definition) is 1. The van der Waals surface area contributed by atoms with Crippen LogP contribution in [-0.2, 0) is 0 Å². The number of likely N-dealkylation sites (tertiary alicyclic amines) is 1. The molecule has 0 atom stereocenters. The van der Waals surface area contributed by atoms with Gasteiger partial charge >= 0.3 is 0 Å². The molecule has 0 bridgehead atoms. The van der Waals surface area contributed by atoms with Crippen molar-refractivity contribution in [2.45, 2.75) is 37.6 Å². The van der Waals surface area contributed by atoms with Crippen LogP contribution in [0, 0.1) is 0 Å². The van der Waals surface area contributed by atoms with E-state index in [2.05, 4.69) is 4.90 Å². The SMILES string of the molecule is FC1(F)CC(N2CCCC2)C1. The van der Waals surface area contributed by atoms with Crippen molar-refractivity contribution in [3.63, 3.8) is 0 Å². The molecule has 0 aromatic heterocycles. The first kappa shape index (κ1) is 7.47. The molecule has 3 heteroatoms. The van der Waals surface area contributed by atoms with Crippen LogP contribution in [0.25, 0.3) is 0 Å². The Labute approximate surface area is 65.4 Å². The Morgan fingerprint density at radius 1 is 1.09 bits per heavy atom. The number of nitrogens with zero attached hydrogens (tertiary/aromatic N) is 1. The van der Waals surface area contributed by atoms with E-state index in [-0.39, 0.29) is 18.9 Å². The van der Waals surface area contributed by atoms with E-state index < -0.39 is 5.92 Å². The maximum Gasteiger partial charge on any atom is 0.251 e. The van der Waals surface area contributed by atoms with Gasteiger partial charge < -0.3 is 0 Å². The molecule has 1 saturated heterocycles. The van der Waals surface area contributed by atoms with Crippen LogP contribution in [-0.4, -0.2) is 30.0 Å². The Bertz CT molecular complexity index is 144. The highest BCUT2D eigenvalue weighted by Crippen LogP contribution is 2.41. The lowest BCUT2D eigenvalue weighted by molar-refractivity contribution is -0.120. The van der Waals surface area contributed by atoms with Crippen molar-refractivity contribution in [1.82, 2.24) is 4.90 Å². The normalized spacial score (nSPS) is 32.2. The number of rotatable bonds is 1. The lowest BCUT2D eigenvalue weighted by Crippen LogP contribution is -2.49. The molecule has 0 spiro atoms. The van der Waals surface area contributed by atoms with E-state index in [1.165, 1.54) is 12.8 Å². The van der Waals surface area contributed by atoms with Crippen molar-refractivity contribution >= 4 is 0 Å². The number of hydrogen-bond donors (Lipinski definition) is 0. The zero-order valence-electron chi connectivity index (χ0n) is 6.52. The second kappa shape index (κ2) is 2.41. The van der Waals surface area contributed by atoms with E-state index in [0.29, 0.717) is 0 Å². The van der Waals surface area contributed by atoms with Crippen LogP contribution < -0.4 is 0 Å². The lowest BCUT2D eigenvalue weighted by Gasteiger charge is -2.40. The summed E-state index contributed by atoms with van der Waals surface area (Å²) in [5.74, 6) is -2.34. The monoisotopic (exact) mass is 161 g/mol. The zero-order chi connectivity index (χ0) is 7.90. The van der Waals surface area contributed by atoms with E-state index in [0.717, 1.165) is 13.1 Å². The van der Waals surface area contributed by atoms with Crippen LogP contribution in [0.2, 0.25) is 0 Å². The summed E-state index contributed by atoms with van der Waals surface area (Å²) in [5.41, 5.74) is 0. The number of halogens is 2. The van der Waals surface area contributed by atoms with Crippen molar-refractivity contribution < 1.29 is 8.78 Å². The van der Waals surface area contributed by atoms with Gasteiger partial charge in [0.2, 0.25) is 0 Å². The molecule has 0 amide bonds. The summed E-state index contributed by atoms with van der Waals surface area (Å²) in [5, 5.41) is 0. The third-order valence-electron chi connectivity index (χ3n) is 2.73. The molecule has 1 nitrogen and oxygen atoms in total. The molecule has 0 unspecified atom stereocenters. The second-order valence-electron chi connectivity index (χ2n) is 3.66. The van der Waals surface area contributed by atoms with Crippen LogP contribution in [0.4, 0.5) is 8.78 Å². The first-order chi connectivity index (χ1) is 5.17. The molecule has 0 aromatic rings. The molecular formula is C8H13F2N. The van der Waals surface area contributed by atoms with Gasteiger partial charge in [0.25, 0.3) is 5.92 Å². The molecule has 2 fully saturated rings. The third-order valence-corrected chi connectivity index (χ3v) is 2.73. The molecule has 0 aromatic carbocycles. The van der Waals surface area contributed by atoms with Gasteiger partial charge in [0.1, 0.15) is 0 Å². The van der Waals surface area contributed by atoms with Crippen LogP contribution >= 0.6 is 0 Å². The largest absolute Gasteiger partial charge is 0.300 e. The number of alkyl halides is 2.